The quantitative estimate of drug-likeness (QED) is 0.855. The van der Waals surface area contributed by atoms with Crippen molar-refractivity contribution in [3.8, 4) is 0 Å². The Bertz CT molecular complexity index is 673. The Morgan fingerprint density at radius 1 is 1.11 bits per heavy atom. The molecule has 0 radical (unpaired) electrons. The molecule has 7 nitrogen and oxygen atoms in total. The highest BCUT2D eigenvalue weighted by Gasteiger charge is 2.38. The molecule has 0 spiro atoms. The first kappa shape index (κ1) is 19.2. The minimum atomic E-state index is -0.736. The number of hydrogen-bond acceptors (Lipinski definition) is 4. The van der Waals surface area contributed by atoms with Crippen molar-refractivity contribution in [2.75, 3.05) is 19.6 Å². The number of benzene rings is 1. The van der Waals surface area contributed by atoms with Gasteiger partial charge in [0.2, 0.25) is 11.8 Å². The molecule has 1 aromatic carbocycles. The first-order valence-corrected chi connectivity index (χ1v) is 9.63. The monoisotopic (exact) mass is 373 g/mol. The summed E-state index contributed by atoms with van der Waals surface area (Å²) in [5.41, 5.74) is 0.877. The molecule has 7 heteroatoms. The molecule has 0 aromatic heterocycles. The second-order valence-corrected chi connectivity index (χ2v) is 7.15. The molecule has 2 atom stereocenters. The van der Waals surface area contributed by atoms with E-state index in [9.17, 15) is 14.4 Å². The van der Waals surface area contributed by atoms with Gasteiger partial charge in [-0.25, -0.2) is 4.79 Å². The maximum Gasteiger partial charge on any atom is 0.408 e. The highest BCUT2D eigenvalue weighted by atomic mass is 16.5. The third-order valence-corrected chi connectivity index (χ3v) is 5.16. The minimum absolute atomic E-state index is 0.0391. The molecule has 0 unspecified atom stereocenters. The third kappa shape index (κ3) is 4.78. The van der Waals surface area contributed by atoms with Crippen LogP contribution in [0.15, 0.2) is 30.3 Å². The molecule has 0 aliphatic carbocycles. The number of amides is 3. The first-order valence-electron chi connectivity index (χ1n) is 9.63. The molecule has 2 fully saturated rings. The van der Waals surface area contributed by atoms with E-state index < -0.39 is 18.2 Å². The van der Waals surface area contributed by atoms with Gasteiger partial charge >= 0.3 is 6.09 Å². The van der Waals surface area contributed by atoms with Crippen LogP contribution < -0.4 is 5.32 Å². The average molecular weight is 373 g/mol. The topological polar surface area (TPSA) is 79.0 Å². The van der Waals surface area contributed by atoms with Crippen LogP contribution >= 0.6 is 0 Å². The molecule has 2 aliphatic rings. The summed E-state index contributed by atoms with van der Waals surface area (Å²) in [5.74, 6) is -0.195. The number of likely N-dealkylation sites (tertiary alicyclic amines) is 2. The van der Waals surface area contributed by atoms with E-state index in [0.717, 1.165) is 37.9 Å². The van der Waals surface area contributed by atoms with Gasteiger partial charge in [0.15, 0.2) is 0 Å². The van der Waals surface area contributed by atoms with Crippen molar-refractivity contribution in [1.29, 1.82) is 0 Å². The van der Waals surface area contributed by atoms with Gasteiger partial charge in [-0.15, -0.1) is 0 Å². The molecule has 1 aromatic rings. The number of carbonyl (C=O) groups excluding carboxylic acids is 3. The molecule has 3 rings (SSSR count). The van der Waals surface area contributed by atoms with Gasteiger partial charge in [0.1, 0.15) is 18.7 Å². The van der Waals surface area contributed by atoms with Crippen LogP contribution in [0.3, 0.4) is 0 Å². The zero-order valence-corrected chi connectivity index (χ0v) is 15.7. The molecule has 0 saturated carbocycles. The number of alkyl carbamates (subject to hydrolysis) is 1. The van der Waals surface area contributed by atoms with Gasteiger partial charge in [-0.2, -0.15) is 0 Å². The fraction of sp³-hybridized carbons (Fsp3) is 0.550. The highest BCUT2D eigenvalue weighted by Crippen LogP contribution is 2.22. The van der Waals surface area contributed by atoms with Crippen LogP contribution in [0.5, 0.6) is 0 Å². The van der Waals surface area contributed by atoms with E-state index in [1.165, 1.54) is 0 Å². The van der Waals surface area contributed by atoms with Crippen LogP contribution in [0.2, 0.25) is 0 Å². The van der Waals surface area contributed by atoms with E-state index in [-0.39, 0.29) is 18.4 Å². The average Bonchev–Trinajstić information content (AvgIpc) is 3.38. The third-order valence-electron chi connectivity index (χ3n) is 5.16. The summed E-state index contributed by atoms with van der Waals surface area (Å²) in [6.07, 6.45) is 2.91. The van der Waals surface area contributed by atoms with Crippen molar-refractivity contribution in [3.63, 3.8) is 0 Å². The lowest BCUT2D eigenvalue weighted by atomic mass is 10.1. The lowest BCUT2D eigenvalue weighted by Gasteiger charge is -2.29. The lowest BCUT2D eigenvalue weighted by molar-refractivity contribution is -0.144. The Labute approximate surface area is 159 Å². The van der Waals surface area contributed by atoms with E-state index in [1.54, 1.807) is 11.8 Å². The summed E-state index contributed by atoms with van der Waals surface area (Å²) >= 11 is 0. The molecule has 2 heterocycles. The second kappa shape index (κ2) is 8.88. The molecule has 3 amide bonds. The summed E-state index contributed by atoms with van der Waals surface area (Å²) in [6, 6.07) is 8.21. The maximum atomic E-state index is 12.8. The Morgan fingerprint density at radius 2 is 1.81 bits per heavy atom. The SMILES string of the molecule is C[C@@H](NC(=O)OCc1ccccc1)C(=O)N1CCC[C@H]1C(=O)N1CCCC1. The van der Waals surface area contributed by atoms with Crippen molar-refractivity contribution in [1.82, 2.24) is 15.1 Å². The van der Waals surface area contributed by atoms with Crippen molar-refractivity contribution < 1.29 is 19.1 Å². The number of nitrogens with one attached hydrogen (secondary N) is 1. The summed E-state index contributed by atoms with van der Waals surface area (Å²) < 4.78 is 5.17. The van der Waals surface area contributed by atoms with Crippen molar-refractivity contribution >= 4 is 17.9 Å². The molecule has 0 bridgehead atoms. The number of nitrogens with zero attached hydrogens (tertiary/aromatic N) is 2. The van der Waals surface area contributed by atoms with Crippen LogP contribution in [0, 0.1) is 0 Å². The summed E-state index contributed by atoms with van der Waals surface area (Å²) in [5, 5.41) is 2.58. The van der Waals surface area contributed by atoms with Gasteiger partial charge in [-0.05, 0) is 38.2 Å². The lowest BCUT2D eigenvalue weighted by Crippen LogP contribution is -2.52. The van der Waals surface area contributed by atoms with Crippen molar-refractivity contribution in [3.05, 3.63) is 35.9 Å². The number of ether oxygens (including phenoxy) is 1. The van der Waals surface area contributed by atoms with Crippen LogP contribution in [0.4, 0.5) is 4.79 Å². The predicted molar refractivity (Wildman–Crippen MR) is 99.8 cm³/mol. The second-order valence-electron chi connectivity index (χ2n) is 7.15. The van der Waals surface area contributed by atoms with Crippen LogP contribution in [-0.4, -0.2) is 59.4 Å². The van der Waals surface area contributed by atoms with Gasteiger partial charge in [0, 0.05) is 19.6 Å². The number of hydrogen-bond donors (Lipinski definition) is 1. The van der Waals surface area contributed by atoms with E-state index in [2.05, 4.69) is 5.32 Å². The maximum absolute atomic E-state index is 12.8. The van der Waals surface area contributed by atoms with Crippen LogP contribution in [0.25, 0.3) is 0 Å². The first-order chi connectivity index (χ1) is 13.1. The predicted octanol–water partition coefficient (Wildman–Crippen LogP) is 1.91. The molecular weight excluding hydrogens is 346 g/mol. The van der Waals surface area contributed by atoms with Gasteiger partial charge in [0.25, 0.3) is 0 Å². The number of carbonyl (C=O) groups is 3. The molecule has 2 aliphatic heterocycles. The van der Waals surface area contributed by atoms with Gasteiger partial charge in [-0.3, -0.25) is 9.59 Å². The van der Waals surface area contributed by atoms with E-state index in [4.69, 9.17) is 4.74 Å². The Kier molecular flexibility index (Phi) is 6.32. The van der Waals surface area contributed by atoms with Crippen LogP contribution in [0.1, 0.15) is 38.2 Å². The normalized spacial score (nSPS) is 20.4. The zero-order chi connectivity index (χ0) is 19.2. The molecule has 27 heavy (non-hydrogen) atoms. The fourth-order valence-electron chi connectivity index (χ4n) is 3.69. The van der Waals surface area contributed by atoms with Gasteiger partial charge < -0.3 is 19.9 Å². The molecule has 2 saturated heterocycles. The highest BCUT2D eigenvalue weighted by molar-refractivity contribution is 5.91. The number of rotatable bonds is 5. The molecule has 146 valence electrons. The van der Waals surface area contributed by atoms with Crippen molar-refractivity contribution in [2.45, 2.75) is 51.3 Å². The minimum Gasteiger partial charge on any atom is -0.445 e. The Morgan fingerprint density at radius 3 is 2.52 bits per heavy atom. The van der Waals surface area contributed by atoms with Gasteiger partial charge in [0.05, 0.1) is 0 Å². The summed E-state index contributed by atoms with van der Waals surface area (Å²) in [6.45, 7) is 3.87. The van der Waals surface area contributed by atoms with Gasteiger partial charge in [-0.1, -0.05) is 30.3 Å². The van der Waals surface area contributed by atoms with E-state index >= 15 is 0 Å². The summed E-state index contributed by atoms with van der Waals surface area (Å²) in [7, 11) is 0. The van der Waals surface area contributed by atoms with E-state index in [1.807, 2.05) is 35.2 Å². The largest absolute Gasteiger partial charge is 0.445 e. The van der Waals surface area contributed by atoms with E-state index in [0.29, 0.717) is 13.0 Å². The zero-order valence-electron chi connectivity index (χ0n) is 15.7. The fourth-order valence-corrected chi connectivity index (χ4v) is 3.69. The Hall–Kier alpha value is -2.57. The molecule has 1 N–H and O–H groups in total. The van der Waals surface area contributed by atoms with Crippen molar-refractivity contribution in [2.24, 2.45) is 0 Å². The summed E-state index contributed by atoms with van der Waals surface area (Å²) in [4.78, 5) is 40.9. The standard InChI is InChI=1S/C20H27N3O4/c1-15(21-20(26)27-14-16-8-3-2-4-9-16)18(24)23-13-7-10-17(23)19(25)22-11-5-6-12-22/h2-4,8-9,15,17H,5-7,10-14H2,1H3,(H,21,26)/t15-,17+/m1/s1. The smallest absolute Gasteiger partial charge is 0.408 e. The molecular formula is C20H27N3O4. The Balaban J connectivity index is 1.51. The van der Waals surface area contributed by atoms with Crippen LogP contribution in [-0.2, 0) is 20.9 Å².